The lowest BCUT2D eigenvalue weighted by molar-refractivity contribution is -0.119. The van der Waals surface area contributed by atoms with Gasteiger partial charge in [0, 0.05) is 43.7 Å². The fraction of sp³-hybridized carbons (Fsp3) is 0.375. The monoisotopic (exact) mass is 316 g/mol. The standard InChI is InChI=1S/C16H20N4OS/c1-19(16-18-7-8-22-16)15(21)11-20-9-13(14(17)10-20)12-5-3-2-4-6-12/h2-8,13-14H,9-11,17H2,1H3/t13-,14+/m0/s1. The van der Waals surface area contributed by atoms with Crippen molar-refractivity contribution >= 4 is 22.4 Å². The number of hydrogen-bond acceptors (Lipinski definition) is 5. The minimum atomic E-state index is 0.0517. The van der Waals surface area contributed by atoms with E-state index in [2.05, 4.69) is 22.0 Å². The number of carbonyl (C=O) groups excluding carboxylic acids is 1. The first-order valence-electron chi connectivity index (χ1n) is 7.34. The van der Waals surface area contributed by atoms with E-state index in [0.717, 1.165) is 18.2 Å². The van der Waals surface area contributed by atoms with E-state index in [1.54, 1.807) is 18.1 Å². The molecule has 0 saturated carbocycles. The van der Waals surface area contributed by atoms with Gasteiger partial charge in [0.1, 0.15) is 0 Å². The van der Waals surface area contributed by atoms with Crippen LogP contribution in [0.25, 0.3) is 0 Å². The zero-order valence-electron chi connectivity index (χ0n) is 12.6. The largest absolute Gasteiger partial charge is 0.326 e. The molecule has 0 aliphatic carbocycles. The van der Waals surface area contributed by atoms with Gasteiger partial charge in [0.2, 0.25) is 5.91 Å². The molecule has 3 rings (SSSR count). The van der Waals surface area contributed by atoms with Crippen LogP contribution in [-0.4, -0.2) is 48.5 Å². The number of likely N-dealkylation sites (tertiary alicyclic amines) is 1. The minimum absolute atomic E-state index is 0.0517. The number of amides is 1. The Morgan fingerprint density at radius 2 is 2.18 bits per heavy atom. The van der Waals surface area contributed by atoms with Gasteiger partial charge in [-0.1, -0.05) is 30.3 Å². The van der Waals surface area contributed by atoms with Gasteiger partial charge in [0.25, 0.3) is 0 Å². The minimum Gasteiger partial charge on any atom is -0.326 e. The van der Waals surface area contributed by atoms with E-state index in [4.69, 9.17) is 5.73 Å². The van der Waals surface area contributed by atoms with Gasteiger partial charge in [-0.25, -0.2) is 4.98 Å². The van der Waals surface area contributed by atoms with Crippen molar-refractivity contribution in [2.24, 2.45) is 5.73 Å². The van der Waals surface area contributed by atoms with Crippen LogP contribution in [0.2, 0.25) is 0 Å². The lowest BCUT2D eigenvalue weighted by atomic mass is 9.95. The Hall–Kier alpha value is -1.76. The highest BCUT2D eigenvalue weighted by Crippen LogP contribution is 2.26. The van der Waals surface area contributed by atoms with E-state index in [0.29, 0.717) is 12.5 Å². The van der Waals surface area contributed by atoms with E-state index >= 15 is 0 Å². The van der Waals surface area contributed by atoms with Gasteiger partial charge in [-0.2, -0.15) is 0 Å². The lowest BCUT2D eigenvalue weighted by Gasteiger charge is -2.19. The number of nitrogens with zero attached hydrogens (tertiary/aromatic N) is 3. The van der Waals surface area contributed by atoms with E-state index in [9.17, 15) is 4.79 Å². The molecule has 0 bridgehead atoms. The van der Waals surface area contributed by atoms with E-state index in [-0.39, 0.29) is 11.9 Å². The predicted molar refractivity (Wildman–Crippen MR) is 89.1 cm³/mol. The Balaban J connectivity index is 1.62. The predicted octanol–water partition coefficient (Wildman–Crippen LogP) is 1.53. The number of thiazole rings is 1. The van der Waals surface area contributed by atoms with E-state index < -0.39 is 0 Å². The third kappa shape index (κ3) is 3.19. The maximum atomic E-state index is 12.4. The van der Waals surface area contributed by atoms with Gasteiger partial charge in [-0.15, -0.1) is 11.3 Å². The third-order valence-electron chi connectivity index (χ3n) is 4.11. The molecule has 1 amide bonds. The second-order valence-corrected chi connectivity index (χ2v) is 6.52. The molecule has 2 aromatic rings. The second kappa shape index (κ2) is 6.56. The van der Waals surface area contributed by atoms with Crippen molar-refractivity contribution in [2.45, 2.75) is 12.0 Å². The summed E-state index contributed by atoms with van der Waals surface area (Å²) in [6, 6.07) is 10.4. The Kier molecular flexibility index (Phi) is 4.52. The first-order valence-corrected chi connectivity index (χ1v) is 8.22. The molecule has 1 saturated heterocycles. The molecule has 2 atom stereocenters. The van der Waals surface area contributed by atoms with Crippen molar-refractivity contribution in [2.75, 3.05) is 31.6 Å². The molecule has 1 fully saturated rings. The van der Waals surface area contributed by atoms with Gasteiger partial charge in [-0.05, 0) is 5.56 Å². The maximum Gasteiger partial charge on any atom is 0.242 e. The highest BCUT2D eigenvalue weighted by molar-refractivity contribution is 7.13. The quantitative estimate of drug-likeness (QED) is 0.929. The summed E-state index contributed by atoms with van der Waals surface area (Å²) in [6.45, 7) is 1.95. The maximum absolute atomic E-state index is 12.4. The van der Waals surface area contributed by atoms with Gasteiger partial charge in [0.05, 0.1) is 6.54 Å². The summed E-state index contributed by atoms with van der Waals surface area (Å²) in [4.78, 5) is 20.3. The number of aromatic nitrogens is 1. The molecular formula is C16H20N4OS. The first-order chi connectivity index (χ1) is 10.6. The number of rotatable bonds is 4. The van der Waals surface area contributed by atoms with Crippen LogP contribution in [0.4, 0.5) is 5.13 Å². The average molecular weight is 316 g/mol. The summed E-state index contributed by atoms with van der Waals surface area (Å²) >= 11 is 1.47. The molecule has 5 nitrogen and oxygen atoms in total. The zero-order valence-corrected chi connectivity index (χ0v) is 13.4. The summed E-state index contributed by atoms with van der Waals surface area (Å²) in [7, 11) is 1.77. The molecule has 116 valence electrons. The van der Waals surface area contributed by atoms with Crippen LogP contribution in [0.1, 0.15) is 11.5 Å². The molecule has 0 unspecified atom stereocenters. The van der Waals surface area contributed by atoms with Crippen LogP contribution in [0.15, 0.2) is 41.9 Å². The summed E-state index contributed by atoms with van der Waals surface area (Å²) in [5.41, 5.74) is 7.52. The molecule has 0 radical (unpaired) electrons. The lowest BCUT2D eigenvalue weighted by Crippen LogP contribution is -2.38. The number of hydrogen-bond donors (Lipinski definition) is 1. The molecular weight excluding hydrogens is 296 g/mol. The van der Waals surface area contributed by atoms with E-state index in [1.807, 2.05) is 23.6 Å². The van der Waals surface area contributed by atoms with Crippen LogP contribution in [-0.2, 0) is 4.79 Å². The highest BCUT2D eigenvalue weighted by Gasteiger charge is 2.32. The Morgan fingerprint density at radius 1 is 1.41 bits per heavy atom. The van der Waals surface area contributed by atoms with Crippen molar-refractivity contribution in [3.05, 3.63) is 47.5 Å². The Labute approximate surface area is 134 Å². The molecule has 1 aliphatic rings. The summed E-state index contributed by atoms with van der Waals surface area (Å²) in [5, 5.41) is 2.60. The normalized spacial score (nSPS) is 21.9. The molecule has 1 aromatic carbocycles. The average Bonchev–Trinajstić information content (AvgIpc) is 3.17. The number of carbonyl (C=O) groups is 1. The summed E-state index contributed by atoms with van der Waals surface area (Å²) < 4.78 is 0. The topological polar surface area (TPSA) is 62.5 Å². The van der Waals surface area contributed by atoms with Gasteiger partial charge in [-0.3, -0.25) is 14.6 Å². The Morgan fingerprint density at radius 3 is 2.86 bits per heavy atom. The molecule has 22 heavy (non-hydrogen) atoms. The van der Waals surface area contributed by atoms with Crippen LogP contribution >= 0.6 is 11.3 Å². The van der Waals surface area contributed by atoms with Crippen molar-refractivity contribution in [3.63, 3.8) is 0 Å². The van der Waals surface area contributed by atoms with E-state index in [1.165, 1.54) is 16.9 Å². The molecule has 0 spiro atoms. The van der Waals surface area contributed by atoms with Crippen molar-refractivity contribution in [1.29, 1.82) is 0 Å². The second-order valence-electron chi connectivity index (χ2n) is 5.64. The molecule has 2 heterocycles. The molecule has 1 aliphatic heterocycles. The smallest absolute Gasteiger partial charge is 0.242 e. The first kappa shape index (κ1) is 15.1. The van der Waals surface area contributed by atoms with Crippen molar-refractivity contribution in [1.82, 2.24) is 9.88 Å². The molecule has 6 heteroatoms. The third-order valence-corrected chi connectivity index (χ3v) is 4.96. The van der Waals surface area contributed by atoms with Crippen LogP contribution in [0, 0.1) is 0 Å². The fourth-order valence-electron chi connectivity index (χ4n) is 2.88. The molecule has 2 N–H and O–H groups in total. The number of likely N-dealkylation sites (N-methyl/N-ethyl adjacent to an activating group) is 1. The Bertz CT molecular complexity index is 616. The van der Waals surface area contributed by atoms with Crippen LogP contribution in [0.3, 0.4) is 0 Å². The van der Waals surface area contributed by atoms with Crippen molar-refractivity contribution < 1.29 is 4.79 Å². The molecule has 1 aromatic heterocycles. The van der Waals surface area contributed by atoms with Gasteiger partial charge >= 0.3 is 0 Å². The van der Waals surface area contributed by atoms with Gasteiger partial charge in [0.15, 0.2) is 5.13 Å². The number of benzene rings is 1. The van der Waals surface area contributed by atoms with Crippen molar-refractivity contribution in [3.8, 4) is 0 Å². The summed E-state index contributed by atoms with van der Waals surface area (Å²) in [6.07, 6.45) is 1.71. The van der Waals surface area contributed by atoms with Crippen LogP contribution in [0.5, 0.6) is 0 Å². The fourth-order valence-corrected chi connectivity index (χ4v) is 3.51. The van der Waals surface area contributed by atoms with Crippen LogP contribution < -0.4 is 10.6 Å². The number of nitrogens with two attached hydrogens (primary N) is 1. The van der Waals surface area contributed by atoms with Gasteiger partial charge < -0.3 is 5.73 Å². The SMILES string of the molecule is CN(C(=O)CN1C[C@@H](N)[C@H](c2ccccc2)C1)c1nccs1. The number of anilines is 1. The summed E-state index contributed by atoms with van der Waals surface area (Å²) in [5.74, 6) is 0.343. The highest BCUT2D eigenvalue weighted by atomic mass is 32.1. The zero-order chi connectivity index (χ0) is 15.5.